The first-order valence-corrected chi connectivity index (χ1v) is 7.39. The van der Waals surface area contributed by atoms with E-state index in [2.05, 4.69) is 5.32 Å². The highest BCUT2D eigenvalue weighted by molar-refractivity contribution is 5.68. The largest absolute Gasteiger partial charge is 0.444 e. The van der Waals surface area contributed by atoms with Gasteiger partial charge in [-0.05, 0) is 38.8 Å². The van der Waals surface area contributed by atoms with E-state index in [-0.39, 0.29) is 18.7 Å². The van der Waals surface area contributed by atoms with Crippen LogP contribution in [0, 0.1) is 11.6 Å². The monoisotopic (exact) mass is 329 g/mol. The quantitative estimate of drug-likeness (QED) is 0.871. The van der Waals surface area contributed by atoms with Crippen LogP contribution in [0.25, 0.3) is 0 Å². The van der Waals surface area contributed by atoms with Crippen LogP contribution in [0.1, 0.15) is 26.3 Å². The molecule has 0 bridgehead atoms. The van der Waals surface area contributed by atoms with Crippen LogP contribution in [0.5, 0.6) is 0 Å². The van der Waals surface area contributed by atoms with Crippen molar-refractivity contribution in [3.05, 3.63) is 29.3 Å². The highest BCUT2D eigenvalue weighted by Gasteiger charge is 2.22. The Morgan fingerprint density at radius 2 is 1.96 bits per heavy atom. The number of ether oxygens (including phenoxy) is 1. The Bertz CT molecular complexity index is 557. The van der Waals surface area contributed by atoms with E-state index in [1.54, 1.807) is 34.9 Å². The predicted octanol–water partition coefficient (Wildman–Crippen LogP) is 2.43. The van der Waals surface area contributed by atoms with Gasteiger partial charge < -0.3 is 20.7 Å². The van der Waals surface area contributed by atoms with Crippen LogP contribution < -0.4 is 16.0 Å². The van der Waals surface area contributed by atoms with Crippen molar-refractivity contribution in [2.24, 2.45) is 5.73 Å². The first kappa shape index (κ1) is 19.2. The standard InChI is InChI=1S/C16H25F2N3O2/c1-16(2,3)23-15(22)20-11(9-19)8-10-6-7-12(17)13(18)14(10)21(4)5/h6-7,11H,8-9,19H2,1-5H3,(H,20,22). The van der Waals surface area contributed by atoms with E-state index in [4.69, 9.17) is 10.5 Å². The van der Waals surface area contributed by atoms with E-state index in [9.17, 15) is 13.6 Å². The molecule has 1 amide bonds. The summed E-state index contributed by atoms with van der Waals surface area (Å²) in [6.07, 6.45) is -0.331. The number of carbonyl (C=O) groups excluding carboxylic acids is 1. The summed E-state index contributed by atoms with van der Waals surface area (Å²) in [4.78, 5) is 13.3. The van der Waals surface area contributed by atoms with Crippen LogP contribution in [0.2, 0.25) is 0 Å². The molecule has 0 aliphatic rings. The zero-order valence-corrected chi connectivity index (χ0v) is 14.2. The number of benzene rings is 1. The van der Waals surface area contributed by atoms with Crippen molar-refractivity contribution < 1.29 is 18.3 Å². The number of alkyl carbamates (subject to hydrolysis) is 1. The minimum atomic E-state index is -0.916. The van der Waals surface area contributed by atoms with Crippen LogP contribution in [-0.4, -0.2) is 38.4 Å². The third-order valence-electron chi connectivity index (χ3n) is 3.07. The molecule has 1 unspecified atom stereocenters. The maximum absolute atomic E-state index is 14.0. The van der Waals surface area contributed by atoms with Gasteiger partial charge in [0.1, 0.15) is 5.60 Å². The van der Waals surface area contributed by atoms with Gasteiger partial charge in [0.05, 0.1) is 5.69 Å². The van der Waals surface area contributed by atoms with Gasteiger partial charge in [-0.25, -0.2) is 13.6 Å². The maximum atomic E-state index is 14.0. The summed E-state index contributed by atoms with van der Waals surface area (Å²) >= 11 is 0. The molecule has 0 aliphatic heterocycles. The zero-order valence-electron chi connectivity index (χ0n) is 14.2. The Morgan fingerprint density at radius 3 is 2.43 bits per heavy atom. The average molecular weight is 329 g/mol. The number of amides is 1. The van der Waals surface area contributed by atoms with E-state index in [1.807, 2.05) is 0 Å². The lowest BCUT2D eigenvalue weighted by molar-refractivity contribution is 0.0506. The summed E-state index contributed by atoms with van der Waals surface area (Å²) in [5, 5.41) is 2.65. The number of nitrogens with two attached hydrogens (primary N) is 1. The van der Waals surface area contributed by atoms with Gasteiger partial charge >= 0.3 is 6.09 Å². The fourth-order valence-electron chi connectivity index (χ4n) is 2.16. The van der Waals surface area contributed by atoms with Crippen LogP contribution in [-0.2, 0) is 11.2 Å². The number of rotatable bonds is 5. The first-order valence-electron chi connectivity index (χ1n) is 7.39. The predicted molar refractivity (Wildman–Crippen MR) is 86.6 cm³/mol. The van der Waals surface area contributed by atoms with Gasteiger partial charge in [-0.2, -0.15) is 0 Å². The average Bonchev–Trinajstić information content (AvgIpc) is 2.39. The second-order valence-corrected chi connectivity index (χ2v) is 6.55. The minimum Gasteiger partial charge on any atom is -0.444 e. The Labute approximate surface area is 135 Å². The summed E-state index contributed by atoms with van der Waals surface area (Å²) < 4.78 is 32.6. The molecule has 7 heteroatoms. The van der Waals surface area contributed by atoms with Crippen LogP contribution >= 0.6 is 0 Å². The van der Waals surface area contributed by atoms with Crippen molar-refractivity contribution in [3.8, 4) is 0 Å². The molecule has 1 rings (SSSR count). The van der Waals surface area contributed by atoms with Crippen LogP contribution in [0.4, 0.5) is 19.3 Å². The van der Waals surface area contributed by atoms with Crippen molar-refractivity contribution in [2.45, 2.75) is 38.8 Å². The molecule has 0 aromatic heterocycles. The number of halogens is 2. The lowest BCUT2D eigenvalue weighted by Gasteiger charge is -2.25. The van der Waals surface area contributed by atoms with Crippen molar-refractivity contribution in [3.63, 3.8) is 0 Å². The zero-order chi connectivity index (χ0) is 17.8. The molecule has 1 atom stereocenters. The van der Waals surface area contributed by atoms with Gasteiger partial charge in [-0.15, -0.1) is 0 Å². The fraction of sp³-hybridized carbons (Fsp3) is 0.562. The lowest BCUT2D eigenvalue weighted by atomic mass is 10.0. The number of nitrogens with zero attached hydrogens (tertiary/aromatic N) is 1. The normalized spacial score (nSPS) is 12.7. The third-order valence-corrected chi connectivity index (χ3v) is 3.07. The molecule has 0 fully saturated rings. The summed E-state index contributed by atoms with van der Waals surface area (Å²) in [5.41, 5.74) is 5.75. The molecule has 0 heterocycles. The van der Waals surface area contributed by atoms with Gasteiger partial charge in [0, 0.05) is 26.7 Å². The van der Waals surface area contributed by atoms with Gasteiger partial charge in [0.2, 0.25) is 0 Å². The van der Waals surface area contributed by atoms with Gasteiger partial charge in [-0.3, -0.25) is 0 Å². The maximum Gasteiger partial charge on any atom is 0.407 e. The number of carbonyl (C=O) groups is 1. The summed E-state index contributed by atoms with van der Waals surface area (Å²) in [6.45, 7) is 5.40. The minimum absolute atomic E-state index is 0.144. The van der Waals surface area contributed by atoms with E-state index >= 15 is 0 Å². The molecule has 130 valence electrons. The third kappa shape index (κ3) is 5.67. The fourth-order valence-corrected chi connectivity index (χ4v) is 2.16. The molecule has 1 aromatic carbocycles. The highest BCUT2D eigenvalue weighted by atomic mass is 19.2. The highest BCUT2D eigenvalue weighted by Crippen LogP contribution is 2.26. The Hall–Kier alpha value is -1.89. The summed E-state index contributed by atoms with van der Waals surface area (Å²) in [5.74, 6) is -1.83. The molecule has 23 heavy (non-hydrogen) atoms. The van der Waals surface area contributed by atoms with E-state index in [1.165, 1.54) is 11.0 Å². The van der Waals surface area contributed by atoms with Crippen LogP contribution in [0.3, 0.4) is 0 Å². The second kappa shape index (κ2) is 7.59. The summed E-state index contributed by atoms with van der Waals surface area (Å²) in [6, 6.07) is 2.11. The van der Waals surface area contributed by atoms with Crippen LogP contribution in [0.15, 0.2) is 12.1 Å². The Kier molecular flexibility index (Phi) is 6.32. The SMILES string of the molecule is CN(C)c1c(CC(CN)NC(=O)OC(C)(C)C)ccc(F)c1F. The number of nitrogens with one attached hydrogen (secondary N) is 1. The molecule has 0 saturated heterocycles. The topological polar surface area (TPSA) is 67.6 Å². The second-order valence-electron chi connectivity index (χ2n) is 6.55. The van der Waals surface area contributed by atoms with Crippen molar-refractivity contribution >= 4 is 11.8 Å². The summed E-state index contributed by atoms with van der Waals surface area (Å²) in [7, 11) is 3.25. The van der Waals surface area contributed by atoms with E-state index < -0.39 is 29.4 Å². The van der Waals surface area contributed by atoms with Crippen molar-refractivity contribution in [1.29, 1.82) is 0 Å². The van der Waals surface area contributed by atoms with Crippen molar-refractivity contribution in [1.82, 2.24) is 5.32 Å². The number of anilines is 1. The molecule has 3 N–H and O–H groups in total. The smallest absolute Gasteiger partial charge is 0.407 e. The molecular weight excluding hydrogens is 304 g/mol. The molecule has 0 saturated carbocycles. The Balaban J connectivity index is 2.92. The Morgan fingerprint density at radius 1 is 1.35 bits per heavy atom. The molecule has 5 nitrogen and oxygen atoms in total. The molecular formula is C16H25F2N3O2. The first-order chi connectivity index (χ1) is 10.5. The van der Waals surface area contributed by atoms with Crippen molar-refractivity contribution in [2.75, 3.05) is 25.5 Å². The van der Waals surface area contributed by atoms with Gasteiger partial charge in [0.25, 0.3) is 0 Å². The molecule has 0 radical (unpaired) electrons. The molecule has 0 spiro atoms. The number of hydrogen-bond donors (Lipinski definition) is 2. The molecule has 1 aromatic rings. The van der Waals surface area contributed by atoms with E-state index in [0.29, 0.717) is 5.56 Å². The van der Waals surface area contributed by atoms with E-state index in [0.717, 1.165) is 6.07 Å². The number of hydrogen-bond acceptors (Lipinski definition) is 4. The molecule has 0 aliphatic carbocycles. The van der Waals surface area contributed by atoms with Gasteiger partial charge in [0.15, 0.2) is 11.6 Å². The van der Waals surface area contributed by atoms with Gasteiger partial charge in [-0.1, -0.05) is 6.07 Å². The lowest BCUT2D eigenvalue weighted by Crippen LogP contribution is -2.44.